The van der Waals surface area contributed by atoms with E-state index in [9.17, 15) is 28.3 Å². The lowest BCUT2D eigenvalue weighted by molar-refractivity contribution is 0.0696. The van der Waals surface area contributed by atoms with Gasteiger partial charge >= 0.3 is 5.97 Å². The van der Waals surface area contributed by atoms with Crippen LogP contribution in [0.2, 0.25) is 0 Å². The molecule has 0 atom stereocenters. The third kappa shape index (κ3) is 4.54. The summed E-state index contributed by atoms with van der Waals surface area (Å²) in [5.74, 6) is -3.77. The Balaban J connectivity index is 1.39. The minimum atomic E-state index is -1.17. The first-order chi connectivity index (χ1) is 17.8. The Morgan fingerprint density at radius 1 is 1.03 bits per heavy atom. The molecule has 0 aliphatic rings. The number of aromatic nitrogens is 3. The van der Waals surface area contributed by atoms with Gasteiger partial charge < -0.3 is 10.1 Å². The van der Waals surface area contributed by atoms with E-state index in [1.807, 2.05) is 24.3 Å². The van der Waals surface area contributed by atoms with Crippen molar-refractivity contribution in [2.45, 2.75) is 12.8 Å². The number of Topliss-reactive ketones (excluding diaryl/α,β-unsaturated/α-hetero) is 1. The number of carboxylic acid groups (broad SMARTS) is 1. The highest BCUT2D eigenvalue weighted by Crippen LogP contribution is 2.29. The van der Waals surface area contributed by atoms with Crippen molar-refractivity contribution < 1.29 is 23.5 Å². The molecule has 0 unspecified atom stereocenters. The Labute approximate surface area is 208 Å². The zero-order valence-electron chi connectivity index (χ0n) is 19.2. The molecule has 0 bridgehead atoms. The molecule has 0 aliphatic carbocycles. The van der Waals surface area contributed by atoms with Gasteiger partial charge in [0.15, 0.2) is 17.4 Å². The van der Waals surface area contributed by atoms with Crippen molar-refractivity contribution in [2.24, 2.45) is 0 Å². The van der Waals surface area contributed by atoms with Crippen LogP contribution in [0.1, 0.15) is 32.7 Å². The fraction of sp³-hybridized carbons (Fsp3) is 0.0714. The normalized spacial score (nSPS) is 11.1. The van der Waals surface area contributed by atoms with Gasteiger partial charge in [-0.15, -0.1) is 0 Å². The van der Waals surface area contributed by atoms with Crippen LogP contribution in [0.4, 0.5) is 8.78 Å². The smallest absolute Gasteiger partial charge is 0.337 e. The molecule has 3 heterocycles. The number of hydrogen-bond acceptors (Lipinski definition) is 4. The Kier molecular flexibility index (Phi) is 6.19. The molecule has 184 valence electrons. The van der Waals surface area contributed by atoms with Crippen molar-refractivity contribution in [1.29, 1.82) is 0 Å². The van der Waals surface area contributed by atoms with E-state index in [2.05, 4.69) is 9.97 Å². The maximum Gasteiger partial charge on any atom is 0.337 e. The number of ketones is 1. The van der Waals surface area contributed by atoms with Crippen LogP contribution >= 0.6 is 0 Å². The predicted molar refractivity (Wildman–Crippen MR) is 133 cm³/mol. The summed E-state index contributed by atoms with van der Waals surface area (Å²) >= 11 is 0. The van der Waals surface area contributed by atoms with E-state index in [-0.39, 0.29) is 23.2 Å². The molecule has 2 aromatic carbocycles. The number of carbonyl (C=O) groups is 2. The number of pyridine rings is 2. The molecule has 7 nitrogen and oxygen atoms in total. The number of rotatable bonds is 7. The topological polar surface area (TPSA) is 105 Å². The first-order valence-electron chi connectivity index (χ1n) is 11.3. The highest BCUT2D eigenvalue weighted by atomic mass is 19.2. The molecule has 2 N–H and O–H groups in total. The number of carbonyl (C=O) groups excluding carboxylic acids is 1. The number of aromatic amines is 1. The summed E-state index contributed by atoms with van der Waals surface area (Å²) in [7, 11) is 0. The predicted octanol–water partition coefficient (Wildman–Crippen LogP) is 5.17. The van der Waals surface area contributed by atoms with Crippen molar-refractivity contribution in [1.82, 2.24) is 14.5 Å². The maximum absolute atomic E-state index is 14.2. The Morgan fingerprint density at radius 3 is 2.65 bits per heavy atom. The summed E-state index contributed by atoms with van der Waals surface area (Å²) in [5.41, 5.74) is 1.91. The zero-order valence-corrected chi connectivity index (χ0v) is 19.2. The lowest BCUT2D eigenvalue weighted by atomic mass is 9.99. The van der Waals surface area contributed by atoms with Crippen molar-refractivity contribution in [2.75, 3.05) is 0 Å². The van der Waals surface area contributed by atoms with E-state index in [1.165, 1.54) is 36.7 Å². The molecule has 0 saturated heterocycles. The van der Waals surface area contributed by atoms with Crippen LogP contribution in [0.3, 0.4) is 0 Å². The molecular weight excluding hydrogens is 480 g/mol. The van der Waals surface area contributed by atoms with Crippen LogP contribution in [0, 0.1) is 11.6 Å². The summed E-state index contributed by atoms with van der Waals surface area (Å²) in [6.45, 7) is 0. The van der Waals surface area contributed by atoms with Crippen molar-refractivity contribution in [3.63, 3.8) is 0 Å². The number of H-pyrrole nitrogens is 1. The number of nitrogens with zero attached hydrogens (tertiary/aromatic N) is 2. The number of halogens is 2. The van der Waals surface area contributed by atoms with E-state index in [0.29, 0.717) is 17.5 Å². The molecule has 3 aromatic heterocycles. The number of aryl methyl sites for hydroxylation is 1. The second-order valence-electron chi connectivity index (χ2n) is 8.42. The Morgan fingerprint density at radius 2 is 1.84 bits per heavy atom. The summed E-state index contributed by atoms with van der Waals surface area (Å²) in [6.07, 6.45) is 4.66. The molecule has 9 heteroatoms. The number of fused-ring (bicyclic) bond motifs is 1. The van der Waals surface area contributed by atoms with Crippen LogP contribution in [0.25, 0.3) is 27.8 Å². The summed E-state index contributed by atoms with van der Waals surface area (Å²) in [6, 6.07) is 15.3. The van der Waals surface area contributed by atoms with Gasteiger partial charge in [0.05, 0.1) is 16.8 Å². The van der Waals surface area contributed by atoms with Gasteiger partial charge in [0.25, 0.3) is 5.56 Å². The van der Waals surface area contributed by atoms with Gasteiger partial charge in [-0.1, -0.05) is 30.3 Å². The SMILES string of the molecule is O=C(O)c1cnc2[nH]cc(-c3cccc(CCC(=O)c4cccn(-c5cccc(F)c5F)c4=O)c3)c2c1. The summed E-state index contributed by atoms with van der Waals surface area (Å²) in [5, 5.41) is 9.94. The third-order valence-corrected chi connectivity index (χ3v) is 6.10. The summed E-state index contributed by atoms with van der Waals surface area (Å²) < 4.78 is 28.8. The van der Waals surface area contributed by atoms with E-state index in [4.69, 9.17) is 0 Å². The minimum absolute atomic E-state index is 0.0208. The van der Waals surface area contributed by atoms with E-state index in [1.54, 1.807) is 12.3 Å². The number of benzene rings is 2. The molecule has 0 amide bonds. The minimum Gasteiger partial charge on any atom is -0.478 e. The Bertz CT molecular complexity index is 1740. The van der Waals surface area contributed by atoms with Crippen LogP contribution in [-0.2, 0) is 6.42 Å². The zero-order chi connectivity index (χ0) is 26.1. The molecule has 0 radical (unpaired) electrons. The standard InChI is InChI=1S/C28H19F2N3O4/c29-22-7-2-8-23(25(22)30)33-11-3-6-19(27(33)35)24(34)10-9-16-4-1-5-17(12-16)21-15-32-26-20(21)13-18(14-31-26)28(36)37/h1-8,11-15H,9-10H2,(H,31,32)(H,36,37). The van der Waals surface area contributed by atoms with Crippen LogP contribution < -0.4 is 5.56 Å². The van der Waals surface area contributed by atoms with Gasteiger partial charge in [-0.3, -0.25) is 14.2 Å². The fourth-order valence-corrected chi connectivity index (χ4v) is 4.22. The monoisotopic (exact) mass is 499 g/mol. The van der Waals surface area contributed by atoms with Gasteiger partial charge in [0, 0.05) is 36.0 Å². The largest absolute Gasteiger partial charge is 0.478 e. The van der Waals surface area contributed by atoms with Gasteiger partial charge in [0.2, 0.25) is 0 Å². The molecule has 5 aromatic rings. The third-order valence-electron chi connectivity index (χ3n) is 6.10. The van der Waals surface area contributed by atoms with Crippen molar-refractivity contribution >= 4 is 22.8 Å². The van der Waals surface area contributed by atoms with E-state index < -0.39 is 28.9 Å². The molecule has 0 saturated carbocycles. The maximum atomic E-state index is 14.2. The fourth-order valence-electron chi connectivity index (χ4n) is 4.22. The highest BCUT2D eigenvalue weighted by molar-refractivity contribution is 5.99. The molecule has 5 rings (SSSR count). The van der Waals surface area contributed by atoms with E-state index >= 15 is 0 Å². The Hall–Kier alpha value is -4.92. The average molecular weight is 499 g/mol. The average Bonchev–Trinajstić information content (AvgIpc) is 3.33. The van der Waals surface area contributed by atoms with Crippen molar-refractivity contribution in [3.8, 4) is 16.8 Å². The van der Waals surface area contributed by atoms with Gasteiger partial charge in [-0.2, -0.15) is 0 Å². The van der Waals surface area contributed by atoms with Gasteiger partial charge in [-0.25, -0.2) is 18.6 Å². The second kappa shape index (κ2) is 9.62. The van der Waals surface area contributed by atoms with E-state index in [0.717, 1.165) is 27.3 Å². The van der Waals surface area contributed by atoms with Gasteiger partial charge in [0.1, 0.15) is 5.65 Å². The second-order valence-corrected chi connectivity index (χ2v) is 8.42. The molecular formula is C28H19F2N3O4. The lowest BCUT2D eigenvalue weighted by Crippen LogP contribution is -2.25. The van der Waals surface area contributed by atoms with Crippen LogP contribution in [-0.4, -0.2) is 31.4 Å². The lowest BCUT2D eigenvalue weighted by Gasteiger charge is -2.09. The highest BCUT2D eigenvalue weighted by Gasteiger charge is 2.17. The number of hydrogen-bond donors (Lipinski definition) is 2. The molecule has 37 heavy (non-hydrogen) atoms. The molecule has 0 spiro atoms. The molecule has 0 fully saturated rings. The number of nitrogens with one attached hydrogen (secondary N) is 1. The first kappa shape index (κ1) is 23.8. The first-order valence-corrected chi connectivity index (χ1v) is 11.3. The summed E-state index contributed by atoms with van der Waals surface area (Å²) in [4.78, 5) is 44.3. The number of aromatic carboxylic acids is 1. The van der Waals surface area contributed by atoms with Crippen molar-refractivity contribution in [3.05, 3.63) is 118 Å². The van der Waals surface area contributed by atoms with Gasteiger partial charge in [-0.05, 0) is 47.9 Å². The number of carboxylic acids is 1. The van der Waals surface area contributed by atoms with Crippen LogP contribution in [0.15, 0.2) is 84.0 Å². The van der Waals surface area contributed by atoms with Crippen LogP contribution in [0.5, 0.6) is 0 Å². The quantitative estimate of drug-likeness (QED) is 0.301. The molecule has 0 aliphatic heterocycles.